The van der Waals surface area contributed by atoms with E-state index in [0.717, 1.165) is 17.9 Å². The third kappa shape index (κ3) is 6.44. The lowest BCUT2D eigenvalue weighted by molar-refractivity contribution is -0.140. The summed E-state index contributed by atoms with van der Waals surface area (Å²) in [5.74, 6) is 1.41. The summed E-state index contributed by atoms with van der Waals surface area (Å²) in [6, 6.07) is 13.8. The van der Waals surface area contributed by atoms with Crippen molar-refractivity contribution < 1.29 is 14.0 Å². The van der Waals surface area contributed by atoms with Gasteiger partial charge in [0.05, 0.1) is 6.54 Å². The summed E-state index contributed by atoms with van der Waals surface area (Å²) in [7, 11) is 0. The lowest BCUT2D eigenvalue weighted by Crippen LogP contribution is -2.43. The number of benzene rings is 1. The third-order valence-electron chi connectivity index (χ3n) is 4.34. The van der Waals surface area contributed by atoms with E-state index < -0.39 is 0 Å². The van der Waals surface area contributed by atoms with Gasteiger partial charge in [-0.1, -0.05) is 43.3 Å². The molecule has 144 valence electrons. The van der Waals surface area contributed by atoms with Gasteiger partial charge < -0.3 is 14.2 Å². The van der Waals surface area contributed by atoms with Crippen molar-refractivity contribution in [2.75, 3.05) is 19.6 Å². The molecule has 1 aromatic heterocycles. The second-order valence-electron chi connectivity index (χ2n) is 6.48. The Bertz CT molecular complexity index is 752. The van der Waals surface area contributed by atoms with Crippen molar-refractivity contribution in [2.24, 2.45) is 0 Å². The molecular weight excluding hydrogens is 340 g/mol. The first-order valence-electron chi connectivity index (χ1n) is 9.29. The maximum absolute atomic E-state index is 12.9. The van der Waals surface area contributed by atoms with Crippen molar-refractivity contribution in [2.45, 2.75) is 33.2 Å². The molecule has 5 heteroatoms. The van der Waals surface area contributed by atoms with Crippen LogP contribution in [0, 0.1) is 6.92 Å². The SMILES string of the molecule is C=CCN(CC(=O)N(CCc1ccccc1)Cc1ccc(C)o1)C(=O)CC. The molecule has 5 nitrogen and oxygen atoms in total. The predicted octanol–water partition coefficient (Wildman–Crippen LogP) is 3.58. The number of rotatable bonds is 10. The molecule has 2 aromatic rings. The number of aryl methyl sites for hydroxylation is 1. The first-order chi connectivity index (χ1) is 13.0. The van der Waals surface area contributed by atoms with Crippen molar-refractivity contribution in [3.8, 4) is 0 Å². The smallest absolute Gasteiger partial charge is 0.242 e. The number of carbonyl (C=O) groups is 2. The van der Waals surface area contributed by atoms with Gasteiger partial charge >= 0.3 is 0 Å². The molecule has 0 saturated carbocycles. The fourth-order valence-electron chi connectivity index (χ4n) is 2.86. The van der Waals surface area contributed by atoms with Crippen LogP contribution in [0.5, 0.6) is 0 Å². The summed E-state index contributed by atoms with van der Waals surface area (Å²) >= 11 is 0. The van der Waals surface area contributed by atoms with Crippen LogP contribution in [0.2, 0.25) is 0 Å². The minimum Gasteiger partial charge on any atom is -0.464 e. The van der Waals surface area contributed by atoms with Gasteiger partial charge in [0, 0.05) is 19.5 Å². The number of amides is 2. The zero-order valence-corrected chi connectivity index (χ0v) is 16.2. The quantitative estimate of drug-likeness (QED) is 0.602. The Kier molecular flexibility index (Phi) is 7.86. The highest BCUT2D eigenvalue weighted by molar-refractivity contribution is 5.84. The van der Waals surface area contributed by atoms with Gasteiger partial charge in [0.2, 0.25) is 11.8 Å². The maximum atomic E-state index is 12.9. The van der Waals surface area contributed by atoms with Crippen LogP contribution in [0.4, 0.5) is 0 Å². The zero-order chi connectivity index (χ0) is 19.6. The first kappa shape index (κ1) is 20.5. The molecule has 1 heterocycles. The van der Waals surface area contributed by atoms with Crippen molar-refractivity contribution in [3.05, 3.63) is 72.2 Å². The van der Waals surface area contributed by atoms with Crippen LogP contribution in [0.1, 0.15) is 30.4 Å². The number of nitrogens with zero attached hydrogens (tertiary/aromatic N) is 2. The minimum absolute atomic E-state index is 0.0488. The average molecular weight is 368 g/mol. The molecule has 0 bridgehead atoms. The highest BCUT2D eigenvalue weighted by atomic mass is 16.3. The van der Waals surface area contributed by atoms with Crippen LogP contribution in [0.15, 0.2) is 59.5 Å². The predicted molar refractivity (Wildman–Crippen MR) is 106 cm³/mol. The van der Waals surface area contributed by atoms with Crippen molar-refractivity contribution in [1.29, 1.82) is 0 Å². The Morgan fingerprint density at radius 3 is 2.41 bits per heavy atom. The average Bonchev–Trinajstić information content (AvgIpc) is 3.09. The summed E-state index contributed by atoms with van der Waals surface area (Å²) in [6.45, 7) is 8.72. The lowest BCUT2D eigenvalue weighted by atomic mass is 10.1. The van der Waals surface area contributed by atoms with Gasteiger partial charge in [-0.15, -0.1) is 6.58 Å². The van der Waals surface area contributed by atoms with Crippen molar-refractivity contribution in [1.82, 2.24) is 9.80 Å². The fraction of sp³-hybridized carbons (Fsp3) is 0.364. The van der Waals surface area contributed by atoms with E-state index in [1.165, 1.54) is 10.5 Å². The van der Waals surface area contributed by atoms with Crippen LogP contribution in [-0.2, 0) is 22.6 Å². The van der Waals surface area contributed by atoms with E-state index in [-0.39, 0.29) is 18.4 Å². The standard InChI is InChI=1S/C22H28N2O3/c1-4-14-23(21(25)5-2)17-22(26)24(16-20-12-11-18(3)27-20)15-13-19-9-7-6-8-10-19/h4,6-12H,1,5,13-17H2,2-3H3. The molecule has 0 unspecified atom stereocenters. The molecule has 0 aliphatic carbocycles. The Morgan fingerprint density at radius 2 is 1.81 bits per heavy atom. The summed E-state index contributed by atoms with van der Waals surface area (Å²) in [5, 5.41) is 0. The van der Waals surface area contributed by atoms with Gasteiger partial charge in [-0.05, 0) is 31.0 Å². The minimum atomic E-state index is -0.0939. The Hall–Kier alpha value is -2.82. The van der Waals surface area contributed by atoms with E-state index in [9.17, 15) is 9.59 Å². The molecule has 0 saturated heterocycles. The first-order valence-corrected chi connectivity index (χ1v) is 9.29. The number of hydrogen-bond acceptors (Lipinski definition) is 3. The topological polar surface area (TPSA) is 53.8 Å². The Balaban J connectivity index is 2.09. The Morgan fingerprint density at radius 1 is 1.07 bits per heavy atom. The van der Waals surface area contributed by atoms with Crippen LogP contribution < -0.4 is 0 Å². The van der Waals surface area contributed by atoms with Gasteiger partial charge in [-0.2, -0.15) is 0 Å². The van der Waals surface area contributed by atoms with Gasteiger partial charge in [0.1, 0.15) is 18.1 Å². The Labute approximate surface area is 161 Å². The van der Waals surface area contributed by atoms with E-state index in [0.29, 0.717) is 26.1 Å². The van der Waals surface area contributed by atoms with E-state index in [4.69, 9.17) is 4.42 Å². The van der Waals surface area contributed by atoms with E-state index in [1.54, 1.807) is 17.9 Å². The van der Waals surface area contributed by atoms with Gasteiger partial charge in [-0.25, -0.2) is 0 Å². The van der Waals surface area contributed by atoms with Gasteiger partial charge in [0.15, 0.2) is 0 Å². The van der Waals surface area contributed by atoms with E-state index in [2.05, 4.69) is 6.58 Å². The summed E-state index contributed by atoms with van der Waals surface area (Å²) < 4.78 is 5.65. The number of hydrogen-bond donors (Lipinski definition) is 0. The number of furan rings is 1. The van der Waals surface area contributed by atoms with Crippen LogP contribution in [0.25, 0.3) is 0 Å². The molecule has 0 aliphatic heterocycles. The molecule has 0 spiro atoms. The summed E-state index contributed by atoms with van der Waals surface area (Å²) in [5.41, 5.74) is 1.17. The molecule has 2 rings (SSSR count). The largest absolute Gasteiger partial charge is 0.464 e. The van der Waals surface area contributed by atoms with Crippen molar-refractivity contribution in [3.63, 3.8) is 0 Å². The van der Waals surface area contributed by atoms with Crippen LogP contribution in [-0.4, -0.2) is 41.2 Å². The molecular formula is C22H28N2O3. The third-order valence-corrected chi connectivity index (χ3v) is 4.34. The highest BCUT2D eigenvalue weighted by Crippen LogP contribution is 2.12. The van der Waals surface area contributed by atoms with Crippen LogP contribution >= 0.6 is 0 Å². The molecule has 0 radical (unpaired) electrons. The van der Waals surface area contributed by atoms with Gasteiger partial charge in [0.25, 0.3) is 0 Å². The monoisotopic (exact) mass is 368 g/mol. The molecule has 27 heavy (non-hydrogen) atoms. The molecule has 2 amide bonds. The fourth-order valence-corrected chi connectivity index (χ4v) is 2.86. The van der Waals surface area contributed by atoms with Gasteiger partial charge in [-0.3, -0.25) is 9.59 Å². The molecule has 0 N–H and O–H groups in total. The second kappa shape index (κ2) is 10.4. The summed E-state index contributed by atoms with van der Waals surface area (Å²) in [6.07, 6.45) is 2.75. The normalized spacial score (nSPS) is 10.4. The molecule has 1 aromatic carbocycles. The van der Waals surface area contributed by atoms with E-state index in [1.807, 2.05) is 49.4 Å². The van der Waals surface area contributed by atoms with Crippen molar-refractivity contribution >= 4 is 11.8 Å². The van der Waals surface area contributed by atoms with E-state index >= 15 is 0 Å². The second-order valence-corrected chi connectivity index (χ2v) is 6.48. The maximum Gasteiger partial charge on any atom is 0.242 e. The zero-order valence-electron chi connectivity index (χ0n) is 16.2. The highest BCUT2D eigenvalue weighted by Gasteiger charge is 2.20. The molecule has 0 aliphatic rings. The molecule has 0 fully saturated rings. The number of carbonyl (C=O) groups excluding carboxylic acids is 2. The summed E-state index contributed by atoms with van der Waals surface area (Å²) in [4.78, 5) is 28.3. The molecule has 0 atom stereocenters. The van der Waals surface area contributed by atoms with Crippen LogP contribution in [0.3, 0.4) is 0 Å². The lowest BCUT2D eigenvalue weighted by Gasteiger charge is -2.26.